The molecule has 26 heavy (non-hydrogen) atoms. The topological polar surface area (TPSA) is 74.8 Å². The number of benzene rings is 1. The molecule has 0 N–H and O–H groups in total. The molecule has 3 rings (SSSR count). The lowest BCUT2D eigenvalue weighted by Gasteiger charge is -2.43. The van der Waals surface area contributed by atoms with Crippen LogP contribution in [0.5, 0.6) is 0 Å². The first-order chi connectivity index (χ1) is 12.1. The Kier molecular flexibility index (Phi) is 4.63. The van der Waals surface area contributed by atoms with Gasteiger partial charge in [-0.25, -0.2) is 8.42 Å². The summed E-state index contributed by atoms with van der Waals surface area (Å²) in [4.78, 5) is 27.0. The molecule has 1 aromatic rings. The van der Waals surface area contributed by atoms with Gasteiger partial charge in [0.15, 0.2) is 14.7 Å². The van der Waals surface area contributed by atoms with E-state index in [-0.39, 0.29) is 30.1 Å². The van der Waals surface area contributed by atoms with Crippen molar-refractivity contribution in [1.29, 1.82) is 0 Å². The molecule has 0 radical (unpaired) electrons. The van der Waals surface area contributed by atoms with Crippen molar-refractivity contribution in [2.75, 3.05) is 23.7 Å². The maximum Gasteiger partial charge on any atom is 0.243 e. The monoisotopic (exact) mass is 378 g/mol. The Morgan fingerprint density at radius 3 is 2.23 bits per heavy atom. The average Bonchev–Trinajstić information content (AvgIpc) is 2.72. The predicted octanol–water partition coefficient (Wildman–Crippen LogP) is 2.20. The molecule has 7 heteroatoms. The summed E-state index contributed by atoms with van der Waals surface area (Å²) in [6, 6.07) is 8.95. The lowest BCUT2D eigenvalue weighted by atomic mass is 9.91. The number of carbonyl (C=O) groups is 2. The second-order valence-corrected chi connectivity index (χ2v) is 10.7. The van der Waals surface area contributed by atoms with Crippen molar-refractivity contribution in [3.05, 3.63) is 30.3 Å². The highest BCUT2D eigenvalue weighted by atomic mass is 32.2. The van der Waals surface area contributed by atoms with Gasteiger partial charge in [0.25, 0.3) is 0 Å². The third kappa shape index (κ3) is 3.24. The van der Waals surface area contributed by atoms with Crippen LogP contribution in [0.2, 0.25) is 0 Å². The summed E-state index contributed by atoms with van der Waals surface area (Å²) >= 11 is 0. The molecule has 2 amide bonds. The van der Waals surface area contributed by atoms with Gasteiger partial charge >= 0.3 is 0 Å². The fraction of sp³-hybridized carbons (Fsp3) is 0.579. The maximum absolute atomic E-state index is 12.9. The van der Waals surface area contributed by atoms with Gasteiger partial charge < -0.3 is 4.90 Å². The van der Waals surface area contributed by atoms with Crippen LogP contribution in [-0.4, -0.2) is 48.8 Å². The summed E-state index contributed by atoms with van der Waals surface area (Å²) in [6.07, 6.45) is 0.936. The molecular weight excluding hydrogens is 352 g/mol. The minimum Gasteiger partial charge on any atom is -0.342 e. The Bertz CT molecular complexity index is 804. The molecule has 0 atom stereocenters. The number of sulfone groups is 1. The molecule has 0 saturated carbocycles. The molecule has 1 aromatic carbocycles. The highest BCUT2D eigenvalue weighted by Crippen LogP contribution is 2.42. The molecule has 0 bridgehead atoms. The summed E-state index contributed by atoms with van der Waals surface area (Å²) in [6.45, 7) is 6.73. The van der Waals surface area contributed by atoms with Gasteiger partial charge in [-0.2, -0.15) is 0 Å². The van der Waals surface area contributed by atoms with Gasteiger partial charge in [-0.1, -0.05) is 39.0 Å². The Morgan fingerprint density at radius 2 is 1.69 bits per heavy atom. The Labute approximate surface area is 155 Å². The third-order valence-electron chi connectivity index (χ3n) is 5.14. The van der Waals surface area contributed by atoms with E-state index < -0.39 is 20.5 Å². The van der Waals surface area contributed by atoms with E-state index >= 15 is 0 Å². The largest absolute Gasteiger partial charge is 0.342 e. The summed E-state index contributed by atoms with van der Waals surface area (Å²) < 4.78 is 25.7. The first kappa shape index (κ1) is 18.9. The number of hydrogen-bond acceptors (Lipinski definition) is 4. The van der Waals surface area contributed by atoms with Crippen LogP contribution in [0.3, 0.4) is 0 Å². The van der Waals surface area contributed by atoms with Crippen molar-refractivity contribution in [2.24, 2.45) is 5.41 Å². The molecular formula is C19H26N2O4S. The Hall–Kier alpha value is -1.89. The summed E-state index contributed by atoms with van der Waals surface area (Å²) in [5.74, 6) is -0.802. The molecule has 0 unspecified atom stereocenters. The van der Waals surface area contributed by atoms with Crippen LogP contribution in [0.1, 0.15) is 40.0 Å². The molecule has 0 aromatic heterocycles. The standard InChI is InChI=1S/C19H26N2O4S/c1-18(2,3)13-16(22)20-11-9-19(10-12-20)21(15-7-5-4-6-8-15)17(23)14-26(19,24)25/h4-8H,9-14H2,1-3H3. The molecule has 6 nitrogen and oxygen atoms in total. The number of amides is 2. The molecule has 2 saturated heterocycles. The number of likely N-dealkylation sites (tertiary alicyclic amines) is 1. The van der Waals surface area contributed by atoms with E-state index in [0.717, 1.165) is 0 Å². The lowest BCUT2D eigenvalue weighted by molar-refractivity contribution is -0.134. The van der Waals surface area contributed by atoms with Crippen LogP contribution in [-0.2, 0) is 19.4 Å². The van der Waals surface area contributed by atoms with E-state index in [4.69, 9.17) is 0 Å². The lowest BCUT2D eigenvalue weighted by Crippen LogP contribution is -2.57. The van der Waals surface area contributed by atoms with Crippen molar-refractivity contribution in [2.45, 2.75) is 44.9 Å². The Balaban J connectivity index is 1.86. The van der Waals surface area contributed by atoms with Gasteiger partial charge in [0, 0.05) is 38.0 Å². The molecule has 2 aliphatic heterocycles. The van der Waals surface area contributed by atoms with Crippen molar-refractivity contribution < 1.29 is 18.0 Å². The molecule has 2 aliphatic rings. The van der Waals surface area contributed by atoms with E-state index in [1.807, 2.05) is 26.8 Å². The number of carbonyl (C=O) groups excluding carboxylic acids is 2. The van der Waals surface area contributed by atoms with E-state index in [0.29, 0.717) is 25.2 Å². The molecule has 2 fully saturated rings. The van der Waals surface area contributed by atoms with Gasteiger partial charge in [0.2, 0.25) is 11.8 Å². The van der Waals surface area contributed by atoms with E-state index in [9.17, 15) is 18.0 Å². The second-order valence-electron chi connectivity index (χ2n) is 8.39. The van der Waals surface area contributed by atoms with E-state index in [2.05, 4.69) is 0 Å². The van der Waals surface area contributed by atoms with Crippen LogP contribution in [0, 0.1) is 5.41 Å². The summed E-state index contributed by atoms with van der Waals surface area (Å²) in [5.41, 5.74) is 0.491. The van der Waals surface area contributed by atoms with Crippen molar-refractivity contribution >= 4 is 27.3 Å². The van der Waals surface area contributed by atoms with Crippen LogP contribution in [0.25, 0.3) is 0 Å². The average molecular weight is 378 g/mol. The van der Waals surface area contributed by atoms with Crippen LogP contribution < -0.4 is 4.90 Å². The number of hydrogen-bond donors (Lipinski definition) is 0. The highest BCUT2D eigenvalue weighted by Gasteiger charge is 2.59. The SMILES string of the molecule is CC(C)(C)CC(=O)N1CCC2(CC1)N(c1ccccc1)C(=O)CS2(=O)=O. The molecule has 142 valence electrons. The predicted molar refractivity (Wildman–Crippen MR) is 100 cm³/mol. The molecule has 1 spiro atoms. The Morgan fingerprint density at radius 1 is 1.12 bits per heavy atom. The van der Waals surface area contributed by atoms with Crippen molar-refractivity contribution in [3.8, 4) is 0 Å². The van der Waals surface area contributed by atoms with Gasteiger partial charge in [-0.15, -0.1) is 0 Å². The van der Waals surface area contributed by atoms with Crippen LogP contribution >= 0.6 is 0 Å². The normalized spacial score (nSPS) is 22.0. The number of nitrogens with zero attached hydrogens (tertiary/aromatic N) is 2. The van der Waals surface area contributed by atoms with E-state index in [1.165, 1.54) is 4.90 Å². The number of para-hydroxylation sites is 1. The number of piperidine rings is 1. The quantitative estimate of drug-likeness (QED) is 0.791. The van der Waals surface area contributed by atoms with Gasteiger partial charge in [-0.3, -0.25) is 14.5 Å². The minimum atomic E-state index is -3.60. The minimum absolute atomic E-state index is 0.0420. The first-order valence-electron chi connectivity index (χ1n) is 8.94. The summed E-state index contributed by atoms with van der Waals surface area (Å²) in [5, 5.41) is 0. The third-order valence-corrected chi connectivity index (χ3v) is 7.52. The van der Waals surface area contributed by atoms with Crippen molar-refractivity contribution in [1.82, 2.24) is 4.90 Å². The smallest absolute Gasteiger partial charge is 0.243 e. The highest BCUT2D eigenvalue weighted by molar-refractivity contribution is 7.94. The first-order valence-corrected chi connectivity index (χ1v) is 10.6. The van der Waals surface area contributed by atoms with Gasteiger partial charge in [0.1, 0.15) is 5.75 Å². The molecule has 0 aliphatic carbocycles. The zero-order valence-corrected chi connectivity index (χ0v) is 16.4. The fourth-order valence-electron chi connectivity index (χ4n) is 3.89. The number of anilines is 1. The summed E-state index contributed by atoms with van der Waals surface area (Å²) in [7, 11) is -3.60. The maximum atomic E-state index is 12.9. The zero-order valence-electron chi connectivity index (χ0n) is 15.6. The van der Waals surface area contributed by atoms with Crippen LogP contribution in [0.4, 0.5) is 5.69 Å². The van der Waals surface area contributed by atoms with E-state index in [1.54, 1.807) is 29.2 Å². The molecule has 2 heterocycles. The van der Waals surface area contributed by atoms with Gasteiger partial charge in [0.05, 0.1) is 0 Å². The number of rotatable bonds is 2. The van der Waals surface area contributed by atoms with Crippen LogP contribution in [0.15, 0.2) is 30.3 Å². The fourth-order valence-corrected chi connectivity index (χ4v) is 5.90. The van der Waals surface area contributed by atoms with Crippen molar-refractivity contribution in [3.63, 3.8) is 0 Å². The zero-order chi connectivity index (χ0) is 19.2. The van der Waals surface area contributed by atoms with Gasteiger partial charge in [-0.05, 0) is 17.5 Å². The second kappa shape index (κ2) is 6.37.